The quantitative estimate of drug-likeness (QED) is 0.753. The SMILES string of the molecule is CSc1ccccc1NC(=O)c1nc2nc(C)cc(C)n2n1. The average molecular weight is 313 g/mol. The molecule has 0 atom stereocenters. The van der Waals surface area contributed by atoms with Crippen molar-refractivity contribution in [3.05, 3.63) is 47.5 Å². The van der Waals surface area contributed by atoms with E-state index in [4.69, 9.17) is 0 Å². The van der Waals surface area contributed by atoms with Crippen molar-refractivity contribution in [1.82, 2.24) is 19.6 Å². The number of nitrogens with zero attached hydrogens (tertiary/aromatic N) is 4. The van der Waals surface area contributed by atoms with Crippen molar-refractivity contribution in [1.29, 1.82) is 0 Å². The summed E-state index contributed by atoms with van der Waals surface area (Å²) in [6.45, 7) is 3.79. The fraction of sp³-hybridized carbons (Fsp3) is 0.200. The molecule has 0 aliphatic rings. The first kappa shape index (κ1) is 14.5. The van der Waals surface area contributed by atoms with Crippen LogP contribution in [0.4, 0.5) is 5.69 Å². The van der Waals surface area contributed by atoms with E-state index in [9.17, 15) is 4.79 Å². The van der Waals surface area contributed by atoms with Gasteiger partial charge in [-0.2, -0.15) is 4.98 Å². The van der Waals surface area contributed by atoms with Gasteiger partial charge in [0, 0.05) is 16.3 Å². The Balaban J connectivity index is 1.94. The van der Waals surface area contributed by atoms with Crippen LogP contribution in [0, 0.1) is 13.8 Å². The number of rotatable bonds is 3. The number of anilines is 1. The fourth-order valence-electron chi connectivity index (χ4n) is 2.19. The van der Waals surface area contributed by atoms with E-state index in [-0.39, 0.29) is 11.7 Å². The average Bonchev–Trinajstić information content (AvgIpc) is 2.92. The van der Waals surface area contributed by atoms with Gasteiger partial charge >= 0.3 is 0 Å². The van der Waals surface area contributed by atoms with Crippen molar-refractivity contribution in [3.8, 4) is 0 Å². The Labute approximate surface area is 132 Å². The largest absolute Gasteiger partial charge is 0.318 e. The third-order valence-corrected chi connectivity index (χ3v) is 3.97. The zero-order valence-corrected chi connectivity index (χ0v) is 13.3. The molecule has 22 heavy (non-hydrogen) atoms. The molecule has 3 rings (SSSR count). The van der Waals surface area contributed by atoms with E-state index >= 15 is 0 Å². The highest BCUT2D eigenvalue weighted by Gasteiger charge is 2.16. The molecular formula is C15H15N5OS. The van der Waals surface area contributed by atoms with Gasteiger partial charge in [-0.25, -0.2) is 9.50 Å². The van der Waals surface area contributed by atoms with Crippen LogP contribution in [0.2, 0.25) is 0 Å². The second-order valence-corrected chi connectivity index (χ2v) is 5.69. The van der Waals surface area contributed by atoms with Crippen molar-refractivity contribution in [2.24, 2.45) is 0 Å². The maximum absolute atomic E-state index is 12.4. The van der Waals surface area contributed by atoms with E-state index in [1.54, 1.807) is 16.3 Å². The Hall–Kier alpha value is -2.41. The maximum atomic E-state index is 12.4. The third-order valence-electron chi connectivity index (χ3n) is 3.18. The summed E-state index contributed by atoms with van der Waals surface area (Å²) in [5.41, 5.74) is 2.48. The lowest BCUT2D eigenvalue weighted by Gasteiger charge is -2.06. The molecule has 1 amide bonds. The molecule has 7 heteroatoms. The van der Waals surface area contributed by atoms with E-state index in [1.165, 1.54) is 0 Å². The second-order valence-electron chi connectivity index (χ2n) is 4.84. The van der Waals surface area contributed by atoms with E-state index in [1.807, 2.05) is 50.4 Å². The molecule has 112 valence electrons. The molecule has 0 spiro atoms. The Morgan fingerprint density at radius 2 is 2.00 bits per heavy atom. The summed E-state index contributed by atoms with van der Waals surface area (Å²) < 4.78 is 1.57. The Bertz CT molecular complexity index is 858. The lowest BCUT2D eigenvalue weighted by atomic mass is 10.3. The number of nitrogens with one attached hydrogen (secondary N) is 1. The predicted molar refractivity (Wildman–Crippen MR) is 86.4 cm³/mol. The highest BCUT2D eigenvalue weighted by Crippen LogP contribution is 2.24. The number of aromatic nitrogens is 4. The van der Waals surface area contributed by atoms with Gasteiger partial charge in [0.25, 0.3) is 11.7 Å². The fourth-order valence-corrected chi connectivity index (χ4v) is 2.74. The van der Waals surface area contributed by atoms with Crippen molar-refractivity contribution >= 4 is 29.1 Å². The van der Waals surface area contributed by atoms with Crippen LogP contribution in [0.25, 0.3) is 5.78 Å². The molecule has 6 nitrogen and oxygen atoms in total. The van der Waals surface area contributed by atoms with Crippen LogP contribution in [0.3, 0.4) is 0 Å². The van der Waals surface area contributed by atoms with E-state index in [0.29, 0.717) is 5.78 Å². The summed E-state index contributed by atoms with van der Waals surface area (Å²) in [5, 5.41) is 7.08. The summed E-state index contributed by atoms with van der Waals surface area (Å²) >= 11 is 1.57. The van der Waals surface area contributed by atoms with Crippen LogP contribution in [0.1, 0.15) is 22.0 Å². The minimum atomic E-state index is -0.343. The first-order valence-electron chi connectivity index (χ1n) is 6.74. The minimum absolute atomic E-state index is 0.108. The number of hydrogen-bond donors (Lipinski definition) is 1. The van der Waals surface area contributed by atoms with E-state index < -0.39 is 0 Å². The van der Waals surface area contributed by atoms with Gasteiger partial charge in [-0.05, 0) is 38.3 Å². The monoisotopic (exact) mass is 313 g/mol. The van der Waals surface area contributed by atoms with Crippen molar-refractivity contribution in [2.75, 3.05) is 11.6 Å². The Morgan fingerprint density at radius 3 is 2.77 bits per heavy atom. The topological polar surface area (TPSA) is 72.2 Å². The maximum Gasteiger partial charge on any atom is 0.295 e. The second kappa shape index (κ2) is 5.76. The number of thioether (sulfide) groups is 1. The molecule has 2 aromatic heterocycles. The van der Waals surface area contributed by atoms with E-state index in [2.05, 4.69) is 20.4 Å². The molecular weight excluding hydrogens is 298 g/mol. The van der Waals surface area contributed by atoms with Crippen LogP contribution in [-0.4, -0.2) is 31.7 Å². The van der Waals surface area contributed by atoms with Crippen molar-refractivity contribution in [3.63, 3.8) is 0 Å². The predicted octanol–water partition coefficient (Wildman–Crippen LogP) is 2.72. The number of fused-ring (bicyclic) bond motifs is 1. The van der Waals surface area contributed by atoms with Crippen LogP contribution < -0.4 is 5.32 Å². The highest BCUT2D eigenvalue weighted by molar-refractivity contribution is 7.98. The number of benzene rings is 1. The summed E-state index contributed by atoms with van der Waals surface area (Å²) in [6.07, 6.45) is 1.96. The molecule has 0 bridgehead atoms. The Kier molecular flexibility index (Phi) is 3.81. The number of amides is 1. The smallest absolute Gasteiger partial charge is 0.295 e. The number of carbonyl (C=O) groups excluding carboxylic acids is 1. The van der Waals surface area contributed by atoms with Crippen LogP contribution >= 0.6 is 11.8 Å². The standard InChI is InChI=1S/C15H15N5OS/c1-9-8-10(2)20-15(16-9)18-13(19-20)14(21)17-11-6-4-5-7-12(11)22-3/h4-8H,1-3H3,(H,17,21). The molecule has 1 aromatic carbocycles. The summed E-state index contributed by atoms with van der Waals surface area (Å²) in [7, 11) is 0. The Morgan fingerprint density at radius 1 is 1.23 bits per heavy atom. The molecule has 1 N–H and O–H groups in total. The van der Waals surface area contributed by atoms with Gasteiger partial charge < -0.3 is 5.32 Å². The summed E-state index contributed by atoms with van der Waals surface area (Å²) in [5.74, 6) is 0.196. The van der Waals surface area contributed by atoms with Gasteiger partial charge in [0.15, 0.2) is 0 Å². The van der Waals surface area contributed by atoms with Gasteiger partial charge in [-0.3, -0.25) is 4.79 Å². The molecule has 0 radical (unpaired) electrons. The molecule has 3 aromatic rings. The van der Waals surface area contributed by atoms with Crippen molar-refractivity contribution < 1.29 is 4.79 Å². The molecule has 2 heterocycles. The first-order valence-corrected chi connectivity index (χ1v) is 7.96. The number of para-hydroxylation sites is 1. The molecule has 0 saturated carbocycles. The molecule has 0 aliphatic carbocycles. The zero-order chi connectivity index (χ0) is 15.7. The lowest BCUT2D eigenvalue weighted by molar-refractivity contribution is 0.101. The van der Waals surface area contributed by atoms with Gasteiger partial charge in [0.1, 0.15) is 0 Å². The molecule has 0 saturated heterocycles. The highest BCUT2D eigenvalue weighted by atomic mass is 32.2. The minimum Gasteiger partial charge on any atom is -0.318 e. The summed E-state index contributed by atoms with van der Waals surface area (Å²) in [4.78, 5) is 21.8. The van der Waals surface area contributed by atoms with Crippen LogP contribution in [0.5, 0.6) is 0 Å². The number of hydrogen-bond acceptors (Lipinski definition) is 5. The normalized spacial score (nSPS) is 10.9. The zero-order valence-electron chi connectivity index (χ0n) is 12.5. The molecule has 0 aliphatic heterocycles. The number of carbonyl (C=O) groups is 1. The van der Waals surface area contributed by atoms with Crippen molar-refractivity contribution in [2.45, 2.75) is 18.7 Å². The molecule has 0 fully saturated rings. The van der Waals surface area contributed by atoms with Gasteiger partial charge in [-0.15, -0.1) is 16.9 Å². The third kappa shape index (κ3) is 2.67. The lowest BCUT2D eigenvalue weighted by Crippen LogP contribution is -2.14. The van der Waals surface area contributed by atoms with E-state index in [0.717, 1.165) is 22.0 Å². The van der Waals surface area contributed by atoms with Crippen LogP contribution in [-0.2, 0) is 0 Å². The number of aryl methyl sites for hydroxylation is 2. The van der Waals surface area contributed by atoms with Crippen LogP contribution in [0.15, 0.2) is 35.2 Å². The molecule has 0 unspecified atom stereocenters. The first-order chi connectivity index (χ1) is 10.6. The summed E-state index contributed by atoms with van der Waals surface area (Å²) in [6, 6.07) is 9.51. The van der Waals surface area contributed by atoms with Gasteiger partial charge in [-0.1, -0.05) is 12.1 Å². The van der Waals surface area contributed by atoms with Gasteiger partial charge in [0.05, 0.1) is 5.69 Å². The van der Waals surface area contributed by atoms with Gasteiger partial charge in [0.2, 0.25) is 5.82 Å².